The Balaban J connectivity index is 1.32. The summed E-state index contributed by atoms with van der Waals surface area (Å²) < 4.78 is 5.45. The van der Waals surface area contributed by atoms with Crippen molar-refractivity contribution in [2.24, 2.45) is 0 Å². The first-order chi connectivity index (χ1) is 12.3. The Morgan fingerprint density at radius 1 is 1.04 bits per heavy atom. The second-order valence-corrected chi connectivity index (χ2v) is 7.50. The molecule has 5 heteroatoms. The standard InChI is InChI=1S/C20H23N3OS/c1-16-4-2-5-17(12-16)20-21-18(15-25-20)13-22-7-9-23(10-8-22)14-19-6-3-11-24-19/h2-6,11-12,15H,7-10,13-14H2,1H3. The number of aryl methyl sites for hydroxylation is 1. The molecule has 25 heavy (non-hydrogen) atoms. The highest BCUT2D eigenvalue weighted by atomic mass is 32.1. The first kappa shape index (κ1) is 16.5. The maximum atomic E-state index is 5.45. The fraction of sp³-hybridized carbons (Fsp3) is 0.350. The number of nitrogens with zero attached hydrogens (tertiary/aromatic N) is 3. The number of aromatic nitrogens is 1. The van der Waals surface area contributed by atoms with Crippen molar-refractivity contribution in [1.29, 1.82) is 0 Å². The van der Waals surface area contributed by atoms with Gasteiger partial charge in [-0.25, -0.2) is 4.98 Å². The van der Waals surface area contributed by atoms with E-state index in [2.05, 4.69) is 52.4 Å². The molecule has 1 saturated heterocycles. The summed E-state index contributed by atoms with van der Waals surface area (Å²) in [4.78, 5) is 9.79. The Bertz CT molecular complexity index is 804. The molecule has 0 radical (unpaired) electrons. The SMILES string of the molecule is Cc1cccc(-c2nc(CN3CCN(Cc4ccco4)CC3)cs2)c1. The molecule has 3 aromatic rings. The lowest BCUT2D eigenvalue weighted by molar-refractivity contribution is 0.115. The first-order valence-electron chi connectivity index (χ1n) is 8.75. The van der Waals surface area contributed by atoms with Gasteiger partial charge in [0.1, 0.15) is 10.8 Å². The molecule has 0 amide bonds. The van der Waals surface area contributed by atoms with E-state index in [0.29, 0.717) is 0 Å². The highest BCUT2D eigenvalue weighted by Crippen LogP contribution is 2.25. The largest absolute Gasteiger partial charge is 0.468 e. The van der Waals surface area contributed by atoms with Crippen molar-refractivity contribution < 1.29 is 4.42 Å². The van der Waals surface area contributed by atoms with E-state index in [1.165, 1.54) is 16.8 Å². The summed E-state index contributed by atoms with van der Waals surface area (Å²) in [7, 11) is 0. The Kier molecular flexibility index (Phi) is 4.97. The van der Waals surface area contributed by atoms with Crippen LogP contribution in [0.2, 0.25) is 0 Å². The number of furan rings is 1. The normalized spacial score (nSPS) is 16.4. The number of thiazole rings is 1. The lowest BCUT2D eigenvalue weighted by Gasteiger charge is -2.33. The van der Waals surface area contributed by atoms with Gasteiger partial charge in [-0.1, -0.05) is 23.8 Å². The predicted molar refractivity (Wildman–Crippen MR) is 102 cm³/mol. The van der Waals surface area contributed by atoms with Gasteiger partial charge in [-0.05, 0) is 25.1 Å². The molecule has 4 rings (SSSR count). The fourth-order valence-corrected chi connectivity index (χ4v) is 4.06. The number of hydrogen-bond donors (Lipinski definition) is 0. The summed E-state index contributed by atoms with van der Waals surface area (Å²) in [6.45, 7) is 8.30. The quantitative estimate of drug-likeness (QED) is 0.693. The van der Waals surface area contributed by atoms with Crippen LogP contribution in [0.1, 0.15) is 17.0 Å². The monoisotopic (exact) mass is 353 g/mol. The summed E-state index contributed by atoms with van der Waals surface area (Å²) in [5, 5.41) is 3.32. The predicted octanol–water partition coefficient (Wildman–Crippen LogP) is 4.03. The van der Waals surface area contributed by atoms with E-state index in [9.17, 15) is 0 Å². The third kappa shape index (κ3) is 4.18. The molecular weight excluding hydrogens is 330 g/mol. The number of piperazine rings is 1. The zero-order chi connectivity index (χ0) is 17.1. The van der Waals surface area contributed by atoms with Gasteiger partial charge in [0, 0.05) is 43.7 Å². The van der Waals surface area contributed by atoms with Crippen LogP contribution in [0.15, 0.2) is 52.5 Å². The summed E-state index contributed by atoms with van der Waals surface area (Å²) >= 11 is 1.74. The molecule has 0 atom stereocenters. The Morgan fingerprint density at radius 2 is 1.84 bits per heavy atom. The van der Waals surface area contributed by atoms with Crippen molar-refractivity contribution >= 4 is 11.3 Å². The van der Waals surface area contributed by atoms with E-state index in [0.717, 1.165) is 50.0 Å². The molecule has 3 heterocycles. The van der Waals surface area contributed by atoms with Crippen LogP contribution >= 0.6 is 11.3 Å². The van der Waals surface area contributed by atoms with E-state index in [1.54, 1.807) is 17.6 Å². The second-order valence-electron chi connectivity index (χ2n) is 6.65. The third-order valence-electron chi connectivity index (χ3n) is 4.63. The van der Waals surface area contributed by atoms with Gasteiger partial charge in [0.15, 0.2) is 0 Å². The molecule has 1 aliphatic rings. The highest BCUT2D eigenvalue weighted by molar-refractivity contribution is 7.13. The van der Waals surface area contributed by atoms with Gasteiger partial charge >= 0.3 is 0 Å². The third-order valence-corrected chi connectivity index (χ3v) is 5.57. The summed E-state index contributed by atoms with van der Waals surface area (Å²) in [5.41, 5.74) is 3.68. The second kappa shape index (κ2) is 7.52. The van der Waals surface area contributed by atoms with Crippen LogP contribution in [0.5, 0.6) is 0 Å². The summed E-state index contributed by atoms with van der Waals surface area (Å²) in [6, 6.07) is 12.6. The van der Waals surface area contributed by atoms with Crippen LogP contribution in [-0.4, -0.2) is 41.0 Å². The topological polar surface area (TPSA) is 32.5 Å². The minimum atomic E-state index is 0.912. The highest BCUT2D eigenvalue weighted by Gasteiger charge is 2.18. The minimum Gasteiger partial charge on any atom is -0.468 e. The molecule has 4 nitrogen and oxygen atoms in total. The van der Waals surface area contributed by atoms with E-state index >= 15 is 0 Å². The number of hydrogen-bond acceptors (Lipinski definition) is 5. The van der Waals surface area contributed by atoms with E-state index in [4.69, 9.17) is 9.40 Å². The lowest BCUT2D eigenvalue weighted by Crippen LogP contribution is -2.45. The number of benzene rings is 1. The molecule has 0 spiro atoms. The summed E-state index contributed by atoms with van der Waals surface area (Å²) in [5.74, 6) is 1.05. The Labute approximate surface area is 152 Å². The average molecular weight is 353 g/mol. The average Bonchev–Trinajstić information content (AvgIpc) is 3.29. The maximum Gasteiger partial charge on any atom is 0.123 e. The molecule has 0 aliphatic carbocycles. The molecule has 130 valence electrons. The molecule has 0 unspecified atom stereocenters. The van der Waals surface area contributed by atoms with Crippen LogP contribution in [0.4, 0.5) is 0 Å². The van der Waals surface area contributed by atoms with Crippen molar-refractivity contribution in [3.63, 3.8) is 0 Å². The lowest BCUT2D eigenvalue weighted by atomic mass is 10.1. The van der Waals surface area contributed by atoms with Crippen LogP contribution in [-0.2, 0) is 13.1 Å². The maximum absolute atomic E-state index is 5.45. The molecule has 1 aromatic carbocycles. The van der Waals surface area contributed by atoms with Gasteiger partial charge in [-0.15, -0.1) is 11.3 Å². The van der Waals surface area contributed by atoms with Crippen molar-refractivity contribution in [3.05, 3.63) is 65.1 Å². The Morgan fingerprint density at radius 3 is 2.56 bits per heavy atom. The zero-order valence-electron chi connectivity index (χ0n) is 14.5. The van der Waals surface area contributed by atoms with Crippen LogP contribution in [0.3, 0.4) is 0 Å². The van der Waals surface area contributed by atoms with E-state index in [-0.39, 0.29) is 0 Å². The summed E-state index contributed by atoms with van der Waals surface area (Å²) in [6.07, 6.45) is 1.75. The molecule has 1 fully saturated rings. The number of rotatable bonds is 5. The van der Waals surface area contributed by atoms with Crippen molar-refractivity contribution in [2.75, 3.05) is 26.2 Å². The van der Waals surface area contributed by atoms with Gasteiger partial charge in [-0.3, -0.25) is 9.80 Å². The molecule has 1 aliphatic heterocycles. The van der Waals surface area contributed by atoms with Gasteiger partial charge in [0.2, 0.25) is 0 Å². The molecule has 0 bridgehead atoms. The minimum absolute atomic E-state index is 0.912. The first-order valence-corrected chi connectivity index (χ1v) is 9.63. The van der Waals surface area contributed by atoms with E-state index < -0.39 is 0 Å². The molecular formula is C20H23N3OS. The van der Waals surface area contributed by atoms with Gasteiger partial charge < -0.3 is 4.42 Å². The fourth-order valence-electron chi connectivity index (χ4n) is 3.25. The Hall–Kier alpha value is -1.95. The van der Waals surface area contributed by atoms with Crippen LogP contribution in [0, 0.1) is 6.92 Å². The van der Waals surface area contributed by atoms with Crippen molar-refractivity contribution in [2.45, 2.75) is 20.0 Å². The van der Waals surface area contributed by atoms with Crippen LogP contribution in [0.25, 0.3) is 10.6 Å². The van der Waals surface area contributed by atoms with Gasteiger partial charge in [0.05, 0.1) is 18.5 Å². The van der Waals surface area contributed by atoms with Crippen molar-refractivity contribution in [1.82, 2.24) is 14.8 Å². The van der Waals surface area contributed by atoms with Gasteiger partial charge in [0.25, 0.3) is 0 Å². The van der Waals surface area contributed by atoms with Gasteiger partial charge in [-0.2, -0.15) is 0 Å². The zero-order valence-corrected chi connectivity index (χ0v) is 15.3. The smallest absolute Gasteiger partial charge is 0.123 e. The van der Waals surface area contributed by atoms with Crippen LogP contribution < -0.4 is 0 Å². The molecule has 0 saturated carbocycles. The van der Waals surface area contributed by atoms with Crippen molar-refractivity contribution in [3.8, 4) is 10.6 Å². The molecule has 0 N–H and O–H groups in total. The van der Waals surface area contributed by atoms with E-state index in [1.807, 2.05) is 6.07 Å². The molecule has 2 aromatic heterocycles.